The molecule has 1 fully saturated rings. The van der Waals surface area contributed by atoms with E-state index in [0.717, 1.165) is 18.3 Å². The maximum atomic E-state index is 5.51. The van der Waals surface area contributed by atoms with E-state index in [0.29, 0.717) is 0 Å². The van der Waals surface area contributed by atoms with Crippen molar-refractivity contribution in [3.63, 3.8) is 0 Å². The van der Waals surface area contributed by atoms with Crippen molar-refractivity contribution in [2.24, 2.45) is 5.92 Å². The fourth-order valence-electron chi connectivity index (χ4n) is 3.41. The number of benzene rings is 1. The molecule has 0 N–H and O–H groups in total. The van der Waals surface area contributed by atoms with E-state index in [1.165, 1.54) is 56.2 Å². The Labute approximate surface area is 138 Å². The van der Waals surface area contributed by atoms with E-state index in [2.05, 4.69) is 43.0 Å². The Kier molecular flexibility index (Phi) is 7.79. The number of unbranched alkanes of at least 4 members (excludes halogenated alkanes) is 1. The summed E-state index contributed by atoms with van der Waals surface area (Å²) in [7, 11) is -0.507. The minimum absolute atomic E-state index is 0.507. The zero-order chi connectivity index (χ0) is 15.6. The third-order valence-electron chi connectivity index (χ3n) is 4.83. The molecule has 0 radical (unpaired) electrons. The lowest BCUT2D eigenvalue weighted by Gasteiger charge is -2.26. The lowest BCUT2D eigenvalue weighted by Crippen LogP contribution is -2.20. The van der Waals surface area contributed by atoms with E-state index in [1.54, 1.807) is 0 Å². The normalized spacial score (nSPS) is 22.1. The molecule has 0 bridgehead atoms. The summed E-state index contributed by atoms with van der Waals surface area (Å²) in [4.78, 5) is 0. The first-order valence-electron chi connectivity index (χ1n) is 9.20. The first kappa shape index (κ1) is 17.3. The lowest BCUT2D eigenvalue weighted by molar-refractivity contribution is 0.340. The van der Waals surface area contributed by atoms with Crippen LogP contribution in [-0.4, -0.2) is 15.4 Å². The minimum Gasteiger partial charge on any atom is -0.494 e. The smallest absolute Gasteiger partial charge is 0.119 e. The fourth-order valence-corrected chi connectivity index (χ4v) is 6.46. The maximum absolute atomic E-state index is 5.51. The highest BCUT2D eigenvalue weighted by Crippen LogP contribution is 2.29. The Morgan fingerprint density at radius 1 is 1.14 bits per heavy atom. The third kappa shape index (κ3) is 6.00. The van der Waals surface area contributed by atoms with Gasteiger partial charge in [-0.2, -0.15) is 0 Å². The molecule has 0 unspecified atom stereocenters. The number of hydrogen-bond donors (Lipinski definition) is 0. The van der Waals surface area contributed by atoms with Crippen LogP contribution in [0.1, 0.15) is 51.5 Å². The molecule has 122 valence electrons. The second-order valence-corrected chi connectivity index (χ2v) is 9.67. The first-order chi connectivity index (χ1) is 10.8. The van der Waals surface area contributed by atoms with Crippen LogP contribution < -0.4 is 4.74 Å². The van der Waals surface area contributed by atoms with Gasteiger partial charge in [-0.3, -0.25) is 0 Å². The standard InChI is InChI=1S/C20H32OSi/c1-3-5-6-15-22-16-13-19(14-17-22)8-7-18-9-11-20(12-10-18)21-4-2/h6,9-12,15,19,22H,3-5,7-8,13-14,16-17H2,1-2H3. The molecule has 0 saturated carbocycles. The topological polar surface area (TPSA) is 9.23 Å². The second-order valence-electron chi connectivity index (χ2n) is 6.61. The summed E-state index contributed by atoms with van der Waals surface area (Å²) in [6.45, 7) is 5.05. The highest BCUT2D eigenvalue weighted by Gasteiger charge is 2.20. The van der Waals surface area contributed by atoms with Crippen molar-refractivity contribution in [1.29, 1.82) is 0 Å². The van der Waals surface area contributed by atoms with Gasteiger partial charge < -0.3 is 4.74 Å². The first-order valence-corrected chi connectivity index (χ1v) is 11.5. The van der Waals surface area contributed by atoms with E-state index >= 15 is 0 Å². The van der Waals surface area contributed by atoms with Crippen LogP contribution in [0.2, 0.25) is 12.1 Å². The number of allylic oxidation sites excluding steroid dienone is 1. The molecule has 1 saturated heterocycles. The van der Waals surface area contributed by atoms with Crippen molar-refractivity contribution < 1.29 is 4.74 Å². The van der Waals surface area contributed by atoms with Crippen molar-refractivity contribution in [3.8, 4) is 5.75 Å². The van der Waals surface area contributed by atoms with Crippen molar-refractivity contribution in [3.05, 3.63) is 41.6 Å². The van der Waals surface area contributed by atoms with Crippen molar-refractivity contribution in [1.82, 2.24) is 0 Å². The predicted octanol–water partition coefficient (Wildman–Crippen LogP) is 5.55. The van der Waals surface area contributed by atoms with E-state index in [4.69, 9.17) is 4.74 Å². The van der Waals surface area contributed by atoms with Crippen LogP contribution in [0.5, 0.6) is 5.75 Å². The van der Waals surface area contributed by atoms with Gasteiger partial charge in [-0.15, -0.1) is 5.70 Å². The molecular weight excluding hydrogens is 284 g/mol. The SMILES string of the molecule is CCCC=C[SiH]1CCC(CCc2ccc(OCC)cc2)CC1. The van der Waals surface area contributed by atoms with Crippen LogP contribution >= 0.6 is 0 Å². The molecule has 1 aliphatic rings. The number of ether oxygens (including phenoxy) is 1. The van der Waals surface area contributed by atoms with Crippen LogP contribution in [0.15, 0.2) is 36.0 Å². The van der Waals surface area contributed by atoms with Gasteiger partial charge in [0.1, 0.15) is 5.75 Å². The summed E-state index contributed by atoms with van der Waals surface area (Å²) in [6.07, 6.45) is 10.6. The Hall–Kier alpha value is -1.02. The molecule has 2 rings (SSSR count). The Balaban J connectivity index is 1.68. The Bertz CT molecular complexity index is 430. The highest BCUT2D eigenvalue weighted by molar-refractivity contribution is 6.64. The van der Waals surface area contributed by atoms with Gasteiger partial charge in [0.05, 0.1) is 15.4 Å². The van der Waals surface area contributed by atoms with Gasteiger partial charge in [0.2, 0.25) is 0 Å². The van der Waals surface area contributed by atoms with Gasteiger partial charge in [0.15, 0.2) is 0 Å². The van der Waals surface area contributed by atoms with Crippen LogP contribution in [0, 0.1) is 5.92 Å². The molecule has 1 nitrogen and oxygen atoms in total. The molecule has 0 aromatic heterocycles. The number of hydrogen-bond acceptors (Lipinski definition) is 1. The predicted molar refractivity (Wildman–Crippen MR) is 99.5 cm³/mol. The molecule has 0 atom stereocenters. The zero-order valence-electron chi connectivity index (χ0n) is 14.4. The molecule has 2 heteroatoms. The van der Waals surface area contributed by atoms with Crippen LogP contribution in [0.25, 0.3) is 0 Å². The zero-order valence-corrected chi connectivity index (χ0v) is 15.5. The van der Waals surface area contributed by atoms with Gasteiger partial charge in [-0.25, -0.2) is 0 Å². The summed E-state index contributed by atoms with van der Waals surface area (Å²) in [5.74, 6) is 1.96. The average Bonchev–Trinajstić information content (AvgIpc) is 2.56. The van der Waals surface area contributed by atoms with E-state index in [1.807, 2.05) is 6.92 Å². The van der Waals surface area contributed by atoms with Crippen LogP contribution in [0.3, 0.4) is 0 Å². The van der Waals surface area contributed by atoms with E-state index in [-0.39, 0.29) is 0 Å². The highest BCUT2D eigenvalue weighted by atomic mass is 28.3. The third-order valence-corrected chi connectivity index (χ3v) is 7.80. The van der Waals surface area contributed by atoms with Crippen molar-refractivity contribution in [2.45, 2.75) is 64.5 Å². The molecular formula is C20H32OSi. The number of rotatable bonds is 8. The molecule has 0 amide bonds. The lowest BCUT2D eigenvalue weighted by atomic mass is 9.94. The summed E-state index contributed by atoms with van der Waals surface area (Å²) in [5.41, 5.74) is 4.08. The van der Waals surface area contributed by atoms with Gasteiger partial charge in [-0.1, -0.05) is 56.5 Å². The quantitative estimate of drug-likeness (QED) is 0.571. The maximum Gasteiger partial charge on any atom is 0.119 e. The molecule has 1 aromatic rings. The fraction of sp³-hybridized carbons (Fsp3) is 0.600. The molecule has 1 heterocycles. The van der Waals surface area contributed by atoms with Gasteiger partial charge in [0.25, 0.3) is 0 Å². The summed E-state index contributed by atoms with van der Waals surface area (Å²) in [6, 6.07) is 11.8. The summed E-state index contributed by atoms with van der Waals surface area (Å²) >= 11 is 0. The second kappa shape index (κ2) is 9.89. The van der Waals surface area contributed by atoms with Gasteiger partial charge in [-0.05, 0) is 49.8 Å². The van der Waals surface area contributed by atoms with Gasteiger partial charge >= 0.3 is 0 Å². The Morgan fingerprint density at radius 3 is 2.50 bits per heavy atom. The molecule has 1 aromatic carbocycles. The molecule has 0 spiro atoms. The van der Waals surface area contributed by atoms with Crippen LogP contribution in [-0.2, 0) is 6.42 Å². The molecule has 1 aliphatic heterocycles. The van der Waals surface area contributed by atoms with Crippen LogP contribution in [0.4, 0.5) is 0 Å². The summed E-state index contributed by atoms with van der Waals surface area (Å²) in [5, 5.41) is 0. The largest absolute Gasteiger partial charge is 0.494 e. The molecule has 22 heavy (non-hydrogen) atoms. The number of aryl methyl sites for hydroxylation is 1. The van der Waals surface area contributed by atoms with E-state index in [9.17, 15) is 0 Å². The van der Waals surface area contributed by atoms with Gasteiger partial charge in [0, 0.05) is 0 Å². The summed E-state index contributed by atoms with van der Waals surface area (Å²) < 4.78 is 5.51. The van der Waals surface area contributed by atoms with E-state index < -0.39 is 8.80 Å². The Morgan fingerprint density at radius 2 is 1.86 bits per heavy atom. The minimum atomic E-state index is -0.507. The monoisotopic (exact) mass is 316 g/mol. The molecule has 0 aliphatic carbocycles. The van der Waals surface area contributed by atoms with Crippen molar-refractivity contribution >= 4 is 8.80 Å². The average molecular weight is 317 g/mol. The van der Waals surface area contributed by atoms with Crippen molar-refractivity contribution in [2.75, 3.05) is 6.61 Å².